The van der Waals surface area contributed by atoms with E-state index >= 15 is 0 Å². The SMILES string of the molecule is COc1cccc(N2C(=S)N[C@H](c3ccccn3)[C@H]2c2cc3c(cc2Cl)N(C)C(C)(C)C=C3C)c1. The summed E-state index contributed by atoms with van der Waals surface area (Å²) in [7, 11) is 3.78. The molecule has 180 valence electrons. The van der Waals surface area contributed by atoms with E-state index in [9.17, 15) is 0 Å². The molecule has 1 aromatic heterocycles. The third-order valence-corrected chi connectivity index (χ3v) is 7.73. The standard InChI is InChI=1S/C28H29ClN4OS/c1-17-16-28(2,3)32(4)24-15-22(29)21(14-20(17)24)26-25(23-11-6-7-12-30-23)31-27(35)33(26)18-9-8-10-19(13-18)34-5/h6-16,25-26H,1-5H3,(H,31,35)/t25-,26-/m1/s1. The minimum atomic E-state index is -0.199. The van der Waals surface area contributed by atoms with Crippen molar-refractivity contribution in [2.75, 3.05) is 24.0 Å². The number of aromatic nitrogens is 1. The van der Waals surface area contributed by atoms with Crippen LogP contribution in [0.2, 0.25) is 5.02 Å². The number of fused-ring (bicyclic) bond motifs is 1. The van der Waals surface area contributed by atoms with Gasteiger partial charge >= 0.3 is 0 Å². The van der Waals surface area contributed by atoms with Crippen LogP contribution in [0.5, 0.6) is 5.75 Å². The van der Waals surface area contributed by atoms with Crippen molar-refractivity contribution < 1.29 is 4.74 Å². The summed E-state index contributed by atoms with van der Waals surface area (Å²) in [6, 6.07) is 17.8. The predicted molar refractivity (Wildman–Crippen MR) is 149 cm³/mol. The Morgan fingerprint density at radius 2 is 1.91 bits per heavy atom. The van der Waals surface area contributed by atoms with Crippen LogP contribution in [0.3, 0.4) is 0 Å². The number of likely N-dealkylation sites (N-methyl/N-ethyl adjacent to an activating group) is 1. The number of hydrogen-bond acceptors (Lipinski definition) is 4. The van der Waals surface area contributed by atoms with E-state index in [2.05, 4.69) is 66.1 Å². The lowest BCUT2D eigenvalue weighted by atomic mass is 9.86. The lowest BCUT2D eigenvalue weighted by Gasteiger charge is -2.41. The number of allylic oxidation sites excluding steroid dienone is 1. The smallest absolute Gasteiger partial charge is 0.174 e. The summed E-state index contributed by atoms with van der Waals surface area (Å²) < 4.78 is 5.50. The number of benzene rings is 2. The monoisotopic (exact) mass is 504 g/mol. The van der Waals surface area contributed by atoms with Crippen LogP contribution < -0.4 is 19.9 Å². The Morgan fingerprint density at radius 1 is 1.11 bits per heavy atom. The number of thiocarbonyl (C=S) groups is 1. The molecule has 0 saturated carbocycles. The highest BCUT2D eigenvalue weighted by atomic mass is 35.5. The molecule has 2 aliphatic rings. The van der Waals surface area contributed by atoms with E-state index in [0.29, 0.717) is 10.1 Å². The van der Waals surface area contributed by atoms with E-state index < -0.39 is 0 Å². The topological polar surface area (TPSA) is 40.6 Å². The minimum absolute atomic E-state index is 0.0957. The first-order valence-electron chi connectivity index (χ1n) is 11.6. The zero-order chi connectivity index (χ0) is 24.9. The minimum Gasteiger partial charge on any atom is -0.497 e. The van der Waals surface area contributed by atoms with E-state index in [1.54, 1.807) is 7.11 Å². The van der Waals surface area contributed by atoms with Crippen LogP contribution in [0.25, 0.3) is 5.57 Å². The van der Waals surface area contributed by atoms with Gasteiger partial charge in [-0.25, -0.2) is 0 Å². The normalized spacial score (nSPS) is 20.9. The first-order valence-corrected chi connectivity index (χ1v) is 12.4. The molecule has 1 fully saturated rings. The van der Waals surface area contributed by atoms with Gasteiger partial charge < -0.3 is 19.9 Å². The summed E-state index contributed by atoms with van der Waals surface area (Å²) in [4.78, 5) is 9.06. The van der Waals surface area contributed by atoms with Crippen molar-refractivity contribution in [3.8, 4) is 5.75 Å². The molecule has 0 unspecified atom stereocenters. The van der Waals surface area contributed by atoms with Gasteiger partial charge in [-0.1, -0.05) is 29.8 Å². The second-order valence-corrected chi connectivity index (χ2v) is 10.4. The van der Waals surface area contributed by atoms with Crippen LogP contribution in [-0.2, 0) is 0 Å². The third kappa shape index (κ3) is 4.05. The summed E-state index contributed by atoms with van der Waals surface area (Å²) in [6.45, 7) is 6.59. The molecule has 5 rings (SSSR count). The quantitative estimate of drug-likeness (QED) is 0.406. The van der Waals surface area contributed by atoms with E-state index in [1.807, 2.05) is 48.7 Å². The lowest BCUT2D eigenvalue weighted by molar-refractivity contribution is 0.415. The van der Waals surface area contributed by atoms with Crippen LogP contribution in [0.4, 0.5) is 11.4 Å². The average Bonchev–Trinajstić information content (AvgIpc) is 3.19. The summed E-state index contributed by atoms with van der Waals surface area (Å²) in [5, 5.41) is 4.84. The van der Waals surface area contributed by atoms with E-state index in [1.165, 1.54) is 11.1 Å². The Morgan fingerprint density at radius 3 is 2.63 bits per heavy atom. The number of ether oxygens (including phenoxy) is 1. The fourth-order valence-electron chi connectivity index (χ4n) is 5.12. The van der Waals surface area contributed by atoms with Crippen LogP contribution in [0, 0.1) is 0 Å². The average molecular weight is 505 g/mol. The van der Waals surface area contributed by atoms with E-state index in [4.69, 9.17) is 28.6 Å². The van der Waals surface area contributed by atoms with Gasteiger partial charge in [-0.3, -0.25) is 4.98 Å². The third-order valence-electron chi connectivity index (χ3n) is 7.08. The second-order valence-electron chi connectivity index (χ2n) is 9.63. The first-order chi connectivity index (χ1) is 16.7. The van der Waals surface area contributed by atoms with E-state index in [-0.39, 0.29) is 17.6 Å². The van der Waals surface area contributed by atoms with Crippen LogP contribution in [-0.4, -0.2) is 29.8 Å². The number of nitrogens with one attached hydrogen (secondary N) is 1. The number of nitrogens with zero attached hydrogens (tertiary/aromatic N) is 3. The molecule has 0 bridgehead atoms. The fraction of sp³-hybridized carbons (Fsp3) is 0.286. The summed E-state index contributed by atoms with van der Waals surface area (Å²) >= 11 is 12.9. The molecule has 3 aromatic rings. The molecule has 35 heavy (non-hydrogen) atoms. The van der Waals surface area contributed by atoms with Crippen molar-refractivity contribution in [1.82, 2.24) is 10.3 Å². The zero-order valence-corrected chi connectivity index (χ0v) is 22.1. The Kier molecular flexibility index (Phi) is 5.98. The highest BCUT2D eigenvalue weighted by Crippen LogP contribution is 2.48. The van der Waals surface area contributed by atoms with E-state index in [0.717, 1.165) is 28.4 Å². The zero-order valence-electron chi connectivity index (χ0n) is 20.5. The van der Waals surface area contributed by atoms with Gasteiger partial charge in [0.25, 0.3) is 0 Å². The number of anilines is 2. The molecule has 0 amide bonds. The Hall–Kier alpha value is -3.09. The molecule has 2 atom stereocenters. The van der Waals surface area contributed by atoms with Gasteiger partial charge in [0.05, 0.1) is 30.4 Å². The molecule has 0 radical (unpaired) electrons. The van der Waals surface area contributed by atoms with Gasteiger partial charge in [-0.05, 0) is 80.5 Å². The van der Waals surface area contributed by atoms with Gasteiger partial charge in [-0.2, -0.15) is 0 Å². The van der Waals surface area contributed by atoms with Gasteiger partial charge in [0.2, 0.25) is 0 Å². The largest absolute Gasteiger partial charge is 0.497 e. The maximum Gasteiger partial charge on any atom is 0.174 e. The molecule has 2 aliphatic heterocycles. The van der Waals surface area contributed by atoms with Crippen molar-refractivity contribution >= 4 is 45.9 Å². The highest BCUT2D eigenvalue weighted by molar-refractivity contribution is 7.80. The summed E-state index contributed by atoms with van der Waals surface area (Å²) in [6.07, 6.45) is 4.12. The Balaban J connectivity index is 1.70. The molecule has 0 aliphatic carbocycles. The van der Waals surface area contributed by atoms with Crippen LogP contribution in [0.15, 0.2) is 66.9 Å². The van der Waals surface area contributed by atoms with Crippen molar-refractivity contribution in [1.29, 1.82) is 0 Å². The van der Waals surface area contributed by atoms with Crippen molar-refractivity contribution in [2.45, 2.75) is 38.4 Å². The Labute approximate surface area is 217 Å². The van der Waals surface area contributed by atoms with Gasteiger partial charge in [0.15, 0.2) is 5.11 Å². The molecular formula is C28H29ClN4OS. The molecule has 0 spiro atoms. The highest BCUT2D eigenvalue weighted by Gasteiger charge is 2.42. The van der Waals surface area contributed by atoms with Crippen LogP contribution in [0.1, 0.15) is 49.7 Å². The fourth-order valence-corrected chi connectivity index (χ4v) is 5.74. The van der Waals surface area contributed by atoms with Gasteiger partial charge in [-0.15, -0.1) is 0 Å². The Bertz CT molecular complexity index is 1320. The molecule has 5 nitrogen and oxygen atoms in total. The number of rotatable bonds is 4. The number of methoxy groups -OCH3 is 1. The van der Waals surface area contributed by atoms with Gasteiger partial charge in [0, 0.05) is 41.3 Å². The molecule has 2 aromatic carbocycles. The number of hydrogen-bond donors (Lipinski definition) is 1. The first kappa shape index (κ1) is 23.6. The maximum atomic E-state index is 7.07. The number of pyridine rings is 1. The van der Waals surface area contributed by atoms with Crippen LogP contribution >= 0.6 is 23.8 Å². The lowest BCUT2D eigenvalue weighted by Crippen LogP contribution is -2.42. The van der Waals surface area contributed by atoms with Crippen molar-refractivity contribution in [3.63, 3.8) is 0 Å². The maximum absolute atomic E-state index is 7.07. The molecule has 1 saturated heterocycles. The molecule has 3 heterocycles. The van der Waals surface area contributed by atoms with Crippen molar-refractivity contribution in [2.24, 2.45) is 0 Å². The summed E-state index contributed by atoms with van der Waals surface area (Å²) in [5.74, 6) is 0.768. The summed E-state index contributed by atoms with van der Waals surface area (Å²) in [5.41, 5.74) is 6.28. The van der Waals surface area contributed by atoms with Crippen molar-refractivity contribution in [3.05, 3.63) is 88.7 Å². The molecular weight excluding hydrogens is 476 g/mol. The molecule has 7 heteroatoms. The second kappa shape index (κ2) is 8.85. The number of halogens is 1. The predicted octanol–water partition coefficient (Wildman–Crippen LogP) is 6.55. The van der Waals surface area contributed by atoms with Gasteiger partial charge in [0.1, 0.15) is 5.75 Å². The molecule has 1 N–H and O–H groups in total.